The highest BCUT2D eigenvalue weighted by Crippen LogP contribution is 2.27. The van der Waals surface area contributed by atoms with E-state index in [1.165, 1.54) is 23.5 Å². The molecule has 2 aromatic rings. The first kappa shape index (κ1) is 11.3. The SMILES string of the molecule is CC(=O)OC[C@@H]1CCc2cc3ccccc3n2C1. The first-order chi connectivity index (χ1) is 8.74. The number of benzene rings is 1. The predicted octanol–water partition coefficient (Wildman–Crippen LogP) is 2.77. The Labute approximate surface area is 106 Å². The summed E-state index contributed by atoms with van der Waals surface area (Å²) in [6.07, 6.45) is 2.17. The Morgan fingerprint density at radius 2 is 2.28 bits per heavy atom. The molecule has 0 saturated heterocycles. The Morgan fingerprint density at radius 3 is 3.11 bits per heavy atom. The second kappa shape index (κ2) is 4.48. The van der Waals surface area contributed by atoms with Gasteiger partial charge in [-0.05, 0) is 30.4 Å². The van der Waals surface area contributed by atoms with E-state index in [1.807, 2.05) is 0 Å². The van der Waals surface area contributed by atoms with Crippen molar-refractivity contribution in [3.8, 4) is 0 Å². The summed E-state index contributed by atoms with van der Waals surface area (Å²) in [7, 11) is 0. The monoisotopic (exact) mass is 243 g/mol. The van der Waals surface area contributed by atoms with Gasteiger partial charge in [0, 0.05) is 30.6 Å². The number of rotatable bonds is 2. The van der Waals surface area contributed by atoms with E-state index >= 15 is 0 Å². The van der Waals surface area contributed by atoms with E-state index in [-0.39, 0.29) is 5.97 Å². The zero-order chi connectivity index (χ0) is 12.5. The highest BCUT2D eigenvalue weighted by molar-refractivity contribution is 5.81. The van der Waals surface area contributed by atoms with Gasteiger partial charge in [-0.1, -0.05) is 18.2 Å². The fourth-order valence-electron chi connectivity index (χ4n) is 2.76. The van der Waals surface area contributed by atoms with E-state index in [4.69, 9.17) is 4.74 Å². The van der Waals surface area contributed by atoms with Crippen molar-refractivity contribution in [2.24, 2.45) is 5.92 Å². The van der Waals surface area contributed by atoms with Crippen molar-refractivity contribution in [3.05, 3.63) is 36.0 Å². The Morgan fingerprint density at radius 1 is 1.44 bits per heavy atom. The summed E-state index contributed by atoms with van der Waals surface area (Å²) in [5.41, 5.74) is 2.69. The van der Waals surface area contributed by atoms with Crippen LogP contribution >= 0.6 is 0 Å². The Kier molecular flexibility index (Phi) is 2.82. The molecule has 0 spiro atoms. The van der Waals surface area contributed by atoms with Crippen molar-refractivity contribution in [1.82, 2.24) is 4.57 Å². The third-order valence-electron chi connectivity index (χ3n) is 3.67. The minimum absolute atomic E-state index is 0.182. The fourth-order valence-corrected chi connectivity index (χ4v) is 2.76. The number of ether oxygens (including phenoxy) is 1. The Bertz CT molecular complexity index is 585. The minimum Gasteiger partial charge on any atom is -0.466 e. The van der Waals surface area contributed by atoms with Crippen LogP contribution in [0.25, 0.3) is 10.9 Å². The first-order valence-electron chi connectivity index (χ1n) is 6.44. The molecule has 0 saturated carbocycles. The van der Waals surface area contributed by atoms with Crippen molar-refractivity contribution in [2.45, 2.75) is 26.3 Å². The van der Waals surface area contributed by atoms with Gasteiger partial charge in [-0.25, -0.2) is 0 Å². The van der Waals surface area contributed by atoms with Crippen molar-refractivity contribution in [2.75, 3.05) is 6.61 Å². The lowest BCUT2D eigenvalue weighted by atomic mass is 9.99. The summed E-state index contributed by atoms with van der Waals surface area (Å²) in [6, 6.07) is 10.7. The van der Waals surface area contributed by atoms with Gasteiger partial charge in [0.15, 0.2) is 0 Å². The van der Waals surface area contributed by atoms with E-state index in [0.29, 0.717) is 12.5 Å². The third kappa shape index (κ3) is 2.01. The molecule has 2 heterocycles. The lowest BCUT2D eigenvalue weighted by Gasteiger charge is -2.24. The molecule has 3 heteroatoms. The number of hydrogen-bond acceptors (Lipinski definition) is 2. The molecule has 1 aromatic heterocycles. The van der Waals surface area contributed by atoms with Crippen LogP contribution in [0.4, 0.5) is 0 Å². The Balaban J connectivity index is 1.85. The van der Waals surface area contributed by atoms with Gasteiger partial charge in [0.25, 0.3) is 0 Å². The molecule has 18 heavy (non-hydrogen) atoms. The number of carbonyl (C=O) groups is 1. The molecular weight excluding hydrogens is 226 g/mol. The number of carbonyl (C=O) groups excluding carboxylic acids is 1. The molecule has 0 radical (unpaired) electrons. The average Bonchev–Trinajstić information content (AvgIpc) is 2.74. The van der Waals surface area contributed by atoms with Crippen molar-refractivity contribution < 1.29 is 9.53 Å². The summed E-state index contributed by atoms with van der Waals surface area (Å²) in [5.74, 6) is 0.260. The van der Waals surface area contributed by atoms with E-state index in [9.17, 15) is 4.79 Å². The molecule has 0 aliphatic carbocycles. The summed E-state index contributed by atoms with van der Waals surface area (Å²) in [5, 5.41) is 1.31. The van der Waals surface area contributed by atoms with Crippen LogP contribution in [0.1, 0.15) is 19.0 Å². The zero-order valence-electron chi connectivity index (χ0n) is 10.6. The number of esters is 1. The molecule has 1 aliphatic rings. The van der Waals surface area contributed by atoms with Gasteiger partial charge >= 0.3 is 5.97 Å². The van der Waals surface area contributed by atoms with Gasteiger partial charge in [-0.3, -0.25) is 4.79 Å². The minimum atomic E-state index is -0.182. The van der Waals surface area contributed by atoms with E-state index in [1.54, 1.807) is 0 Å². The largest absolute Gasteiger partial charge is 0.466 e. The molecule has 3 rings (SSSR count). The number of hydrogen-bond donors (Lipinski definition) is 0. The Hall–Kier alpha value is -1.77. The summed E-state index contributed by atoms with van der Waals surface area (Å²) < 4.78 is 7.50. The maximum absolute atomic E-state index is 10.9. The van der Waals surface area contributed by atoms with E-state index in [2.05, 4.69) is 34.9 Å². The van der Waals surface area contributed by atoms with Crippen LogP contribution < -0.4 is 0 Å². The van der Waals surface area contributed by atoms with Crippen LogP contribution in [-0.2, 0) is 22.5 Å². The maximum atomic E-state index is 10.9. The van der Waals surface area contributed by atoms with Crippen LogP contribution in [0.5, 0.6) is 0 Å². The van der Waals surface area contributed by atoms with E-state index in [0.717, 1.165) is 19.4 Å². The molecule has 3 nitrogen and oxygen atoms in total. The van der Waals surface area contributed by atoms with Crippen molar-refractivity contribution in [3.63, 3.8) is 0 Å². The van der Waals surface area contributed by atoms with Crippen LogP contribution in [-0.4, -0.2) is 17.1 Å². The molecule has 0 N–H and O–H groups in total. The maximum Gasteiger partial charge on any atom is 0.302 e. The van der Waals surface area contributed by atoms with Gasteiger partial charge in [-0.2, -0.15) is 0 Å². The number of aromatic nitrogens is 1. The molecule has 1 aliphatic heterocycles. The molecule has 0 fully saturated rings. The van der Waals surface area contributed by atoms with Gasteiger partial charge in [-0.15, -0.1) is 0 Å². The van der Waals surface area contributed by atoms with Crippen LogP contribution in [0.15, 0.2) is 30.3 Å². The molecule has 0 unspecified atom stereocenters. The lowest BCUT2D eigenvalue weighted by Crippen LogP contribution is -2.24. The average molecular weight is 243 g/mol. The predicted molar refractivity (Wildman–Crippen MR) is 70.4 cm³/mol. The third-order valence-corrected chi connectivity index (χ3v) is 3.67. The summed E-state index contributed by atoms with van der Waals surface area (Å²) in [4.78, 5) is 10.9. The summed E-state index contributed by atoms with van der Waals surface area (Å²) >= 11 is 0. The molecule has 0 amide bonds. The number of para-hydroxylation sites is 1. The molecular formula is C15H17NO2. The van der Waals surface area contributed by atoms with Gasteiger partial charge in [0.05, 0.1) is 6.61 Å². The standard InChI is InChI=1S/C15H17NO2/c1-11(17)18-10-12-6-7-14-8-13-4-2-3-5-15(13)16(14)9-12/h2-5,8,12H,6-7,9-10H2,1H3/t12-/m1/s1. The molecule has 1 atom stereocenters. The smallest absolute Gasteiger partial charge is 0.302 e. The first-order valence-corrected chi connectivity index (χ1v) is 6.44. The second-order valence-corrected chi connectivity index (χ2v) is 5.01. The van der Waals surface area contributed by atoms with Gasteiger partial charge in [0.2, 0.25) is 0 Å². The highest BCUT2D eigenvalue weighted by Gasteiger charge is 2.21. The molecule has 1 aromatic carbocycles. The number of nitrogens with zero attached hydrogens (tertiary/aromatic N) is 1. The van der Waals surface area contributed by atoms with Crippen molar-refractivity contribution >= 4 is 16.9 Å². The zero-order valence-corrected chi connectivity index (χ0v) is 10.6. The quantitative estimate of drug-likeness (QED) is 0.759. The fraction of sp³-hybridized carbons (Fsp3) is 0.400. The summed E-state index contributed by atoms with van der Waals surface area (Å²) in [6.45, 7) is 2.97. The number of aryl methyl sites for hydroxylation is 1. The second-order valence-electron chi connectivity index (χ2n) is 5.01. The van der Waals surface area contributed by atoms with Gasteiger partial charge in [0.1, 0.15) is 0 Å². The molecule has 94 valence electrons. The highest BCUT2D eigenvalue weighted by atomic mass is 16.5. The van der Waals surface area contributed by atoms with Crippen molar-refractivity contribution in [1.29, 1.82) is 0 Å². The molecule has 0 bridgehead atoms. The van der Waals surface area contributed by atoms with Crippen LogP contribution in [0.2, 0.25) is 0 Å². The lowest BCUT2D eigenvalue weighted by molar-refractivity contribution is -0.142. The van der Waals surface area contributed by atoms with Gasteiger partial charge < -0.3 is 9.30 Å². The van der Waals surface area contributed by atoms with E-state index < -0.39 is 0 Å². The normalized spacial score (nSPS) is 18.6. The van der Waals surface area contributed by atoms with Crippen LogP contribution in [0.3, 0.4) is 0 Å². The van der Waals surface area contributed by atoms with Crippen LogP contribution in [0, 0.1) is 5.92 Å². The topological polar surface area (TPSA) is 31.2 Å². The number of fused-ring (bicyclic) bond motifs is 3.